The van der Waals surface area contributed by atoms with Crippen LogP contribution in [-0.2, 0) is 4.74 Å². The van der Waals surface area contributed by atoms with Crippen molar-refractivity contribution in [2.75, 3.05) is 7.11 Å². The SMILES string of the molecule is COC(=O)c1ccc(-c2ccc(C)c(Cl)c2)o1. The molecule has 1 aromatic carbocycles. The molecule has 4 heteroatoms. The second-order valence-corrected chi connectivity index (χ2v) is 4.03. The topological polar surface area (TPSA) is 39.4 Å². The molecule has 0 radical (unpaired) electrons. The second kappa shape index (κ2) is 4.63. The number of rotatable bonds is 2. The lowest BCUT2D eigenvalue weighted by Crippen LogP contribution is -1.98. The molecule has 0 N–H and O–H groups in total. The van der Waals surface area contributed by atoms with Crippen molar-refractivity contribution in [2.24, 2.45) is 0 Å². The van der Waals surface area contributed by atoms with Crippen LogP contribution in [0, 0.1) is 6.92 Å². The van der Waals surface area contributed by atoms with E-state index in [9.17, 15) is 4.79 Å². The van der Waals surface area contributed by atoms with Crippen LogP contribution in [0.3, 0.4) is 0 Å². The normalized spacial score (nSPS) is 10.3. The van der Waals surface area contributed by atoms with Crippen molar-refractivity contribution in [1.82, 2.24) is 0 Å². The Morgan fingerprint density at radius 1 is 1.29 bits per heavy atom. The molecule has 2 aromatic rings. The Kier molecular flexibility index (Phi) is 3.20. The first-order chi connectivity index (χ1) is 8.11. The third kappa shape index (κ3) is 2.34. The van der Waals surface area contributed by atoms with Crippen molar-refractivity contribution in [3.8, 4) is 11.3 Å². The van der Waals surface area contributed by atoms with Crippen LogP contribution in [0.5, 0.6) is 0 Å². The van der Waals surface area contributed by atoms with Gasteiger partial charge in [0.15, 0.2) is 0 Å². The van der Waals surface area contributed by atoms with Gasteiger partial charge in [0, 0.05) is 10.6 Å². The molecule has 0 fully saturated rings. The summed E-state index contributed by atoms with van der Waals surface area (Å²) in [6, 6.07) is 8.89. The Balaban J connectivity index is 2.37. The molecule has 2 rings (SSSR count). The number of hydrogen-bond donors (Lipinski definition) is 0. The lowest BCUT2D eigenvalue weighted by atomic mass is 10.1. The van der Waals surface area contributed by atoms with Crippen LogP contribution in [0.25, 0.3) is 11.3 Å². The highest BCUT2D eigenvalue weighted by atomic mass is 35.5. The Bertz CT molecular complexity index is 558. The quantitative estimate of drug-likeness (QED) is 0.763. The van der Waals surface area contributed by atoms with E-state index in [1.807, 2.05) is 19.1 Å². The standard InChI is InChI=1S/C13H11ClO3/c1-8-3-4-9(7-10(8)14)11-5-6-12(17-11)13(15)16-2/h3-7H,1-2H3. The fourth-order valence-electron chi connectivity index (χ4n) is 1.45. The number of esters is 1. The molecule has 0 unspecified atom stereocenters. The Labute approximate surface area is 104 Å². The molecule has 1 aromatic heterocycles. The summed E-state index contributed by atoms with van der Waals surface area (Å²) in [5.41, 5.74) is 1.82. The minimum absolute atomic E-state index is 0.180. The minimum Gasteiger partial charge on any atom is -0.463 e. The zero-order valence-corrected chi connectivity index (χ0v) is 10.2. The molecule has 88 valence electrons. The van der Waals surface area contributed by atoms with Gasteiger partial charge in [0.1, 0.15) is 5.76 Å². The maximum atomic E-state index is 11.2. The van der Waals surface area contributed by atoms with Crippen molar-refractivity contribution in [2.45, 2.75) is 6.92 Å². The van der Waals surface area contributed by atoms with Crippen molar-refractivity contribution in [1.29, 1.82) is 0 Å². The summed E-state index contributed by atoms with van der Waals surface area (Å²) < 4.78 is 9.95. The van der Waals surface area contributed by atoms with Crippen LogP contribution < -0.4 is 0 Å². The van der Waals surface area contributed by atoms with Gasteiger partial charge in [0.2, 0.25) is 5.76 Å². The molecule has 0 aliphatic rings. The van der Waals surface area contributed by atoms with Crippen molar-refractivity contribution in [3.63, 3.8) is 0 Å². The van der Waals surface area contributed by atoms with Crippen molar-refractivity contribution in [3.05, 3.63) is 46.7 Å². The fourth-order valence-corrected chi connectivity index (χ4v) is 1.63. The summed E-state index contributed by atoms with van der Waals surface area (Å²) in [5.74, 6) is 0.279. The van der Waals surface area contributed by atoms with Crippen molar-refractivity contribution < 1.29 is 13.9 Å². The number of halogens is 1. The lowest BCUT2D eigenvalue weighted by molar-refractivity contribution is 0.0566. The van der Waals surface area contributed by atoms with Gasteiger partial charge in [0.25, 0.3) is 0 Å². The number of benzene rings is 1. The Morgan fingerprint density at radius 3 is 2.71 bits per heavy atom. The third-order valence-corrected chi connectivity index (χ3v) is 2.86. The largest absolute Gasteiger partial charge is 0.463 e. The van der Waals surface area contributed by atoms with Crippen LogP contribution in [-0.4, -0.2) is 13.1 Å². The zero-order chi connectivity index (χ0) is 12.4. The average molecular weight is 251 g/mol. The smallest absolute Gasteiger partial charge is 0.373 e. The van der Waals surface area contributed by atoms with E-state index in [-0.39, 0.29) is 5.76 Å². The molecule has 0 spiro atoms. The molecule has 17 heavy (non-hydrogen) atoms. The molecular formula is C13H11ClO3. The van der Waals surface area contributed by atoms with Crippen LogP contribution >= 0.6 is 11.6 Å². The summed E-state index contributed by atoms with van der Waals surface area (Å²) >= 11 is 6.03. The van der Waals surface area contributed by atoms with Crippen LogP contribution in [0.1, 0.15) is 16.1 Å². The first-order valence-electron chi connectivity index (χ1n) is 5.06. The highest BCUT2D eigenvalue weighted by Crippen LogP contribution is 2.27. The highest BCUT2D eigenvalue weighted by molar-refractivity contribution is 6.31. The molecule has 0 atom stereocenters. The molecule has 3 nitrogen and oxygen atoms in total. The molecular weight excluding hydrogens is 240 g/mol. The highest BCUT2D eigenvalue weighted by Gasteiger charge is 2.12. The molecule has 0 amide bonds. The Morgan fingerprint density at radius 2 is 2.06 bits per heavy atom. The summed E-state index contributed by atoms with van der Waals surface area (Å²) in [6.45, 7) is 1.92. The lowest BCUT2D eigenvalue weighted by Gasteiger charge is -2.01. The maximum Gasteiger partial charge on any atom is 0.373 e. The van der Waals surface area contributed by atoms with Gasteiger partial charge in [-0.05, 0) is 30.7 Å². The number of aryl methyl sites for hydroxylation is 1. The van der Waals surface area contributed by atoms with E-state index in [0.717, 1.165) is 11.1 Å². The van der Waals surface area contributed by atoms with E-state index in [4.69, 9.17) is 16.0 Å². The van der Waals surface area contributed by atoms with Crippen LogP contribution in [0.2, 0.25) is 5.02 Å². The van der Waals surface area contributed by atoms with E-state index in [2.05, 4.69) is 4.74 Å². The number of carbonyl (C=O) groups is 1. The predicted molar refractivity (Wildman–Crippen MR) is 65.2 cm³/mol. The van der Waals surface area contributed by atoms with Gasteiger partial charge in [-0.15, -0.1) is 0 Å². The van der Waals surface area contributed by atoms with Gasteiger partial charge in [-0.3, -0.25) is 0 Å². The molecule has 1 heterocycles. The summed E-state index contributed by atoms with van der Waals surface area (Å²) in [7, 11) is 1.31. The van der Waals surface area contributed by atoms with E-state index >= 15 is 0 Å². The zero-order valence-electron chi connectivity index (χ0n) is 9.49. The van der Waals surface area contributed by atoms with E-state index < -0.39 is 5.97 Å². The van der Waals surface area contributed by atoms with E-state index in [0.29, 0.717) is 10.8 Å². The molecule has 0 bridgehead atoms. The first kappa shape index (κ1) is 11.7. The van der Waals surface area contributed by atoms with Gasteiger partial charge in [-0.1, -0.05) is 23.7 Å². The molecule has 0 aliphatic heterocycles. The summed E-state index contributed by atoms with van der Waals surface area (Å²) in [6.07, 6.45) is 0. The monoisotopic (exact) mass is 250 g/mol. The summed E-state index contributed by atoms with van der Waals surface area (Å²) in [5, 5.41) is 0.665. The Hall–Kier alpha value is -1.74. The number of methoxy groups -OCH3 is 1. The number of furan rings is 1. The molecule has 0 saturated carbocycles. The molecule has 0 aliphatic carbocycles. The summed E-state index contributed by atoms with van der Waals surface area (Å²) in [4.78, 5) is 11.2. The number of carbonyl (C=O) groups excluding carboxylic acids is 1. The predicted octanol–water partition coefficient (Wildman–Crippen LogP) is 3.70. The average Bonchev–Trinajstić information content (AvgIpc) is 2.81. The van der Waals surface area contributed by atoms with Crippen molar-refractivity contribution >= 4 is 17.6 Å². The fraction of sp³-hybridized carbons (Fsp3) is 0.154. The van der Waals surface area contributed by atoms with Crippen LogP contribution in [0.4, 0.5) is 0 Å². The molecule has 0 saturated heterocycles. The maximum absolute atomic E-state index is 11.2. The van der Waals surface area contributed by atoms with Crippen LogP contribution in [0.15, 0.2) is 34.7 Å². The first-order valence-corrected chi connectivity index (χ1v) is 5.44. The van der Waals surface area contributed by atoms with Gasteiger partial charge in [-0.2, -0.15) is 0 Å². The number of hydrogen-bond acceptors (Lipinski definition) is 3. The second-order valence-electron chi connectivity index (χ2n) is 3.62. The van der Waals surface area contributed by atoms with E-state index in [1.54, 1.807) is 18.2 Å². The van der Waals surface area contributed by atoms with Gasteiger partial charge in [0.05, 0.1) is 7.11 Å². The van der Waals surface area contributed by atoms with Gasteiger partial charge >= 0.3 is 5.97 Å². The van der Waals surface area contributed by atoms with Gasteiger partial charge < -0.3 is 9.15 Å². The van der Waals surface area contributed by atoms with E-state index in [1.165, 1.54) is 7.11 Å². The third-order valence-electron chi connectivity index (χ3n) is 2.45. The number of ether oxygens (including phenoxy) is 1. The van der Waals surface area contributed by atoms with Gasteiger partial charge in [-0.25, -0.2) is 4.79 Å². The minimum atomic E-state index is -0.491.